The first-order valence-electron chi connectivity index (χ1n) is 4.01. The van der Waals surface area contributed by atoms with E-state index in [0.717, 1.165) is 11.3 Å². The topological polar surface area (TPSA) is 55.5 Å². The van der Waals surface area contributed by atoms with E-state index in [2.05, 4.69) is 0 Å². The van der Waals surface area contributed by atoms with Crippen LogP contribution in [0.25, 0.3) is 6.08 Å². The minimum absolute atomic E-state index is 0.220. The molecule has 1 aromatic carbocycles. The monoisotopic (exact) mass is 179 g/mol. The van der Waals surface area contributed by atoms with E-state index in [1.54, 1.807) is 31.4 Å². The van der Waals surface area contributed by atoms with Crippen LogP contribution in [0.5, 0.6) is 11.5 Å². The summed E-state index contributed by atoms with van der Waals surface area (Å²) >= 11 is 0. The van der Waals surface area contributed by atoms with E-state index >= 15 is 0 Å². The zero-order chi connectivity index (χ0) is 9.68. The van der Waals surface area contributed by atoms with Gasteiger partial charge >= 0.3 is 0 Å². The van der Waals surface area contributed by atoms with Gasteiger partial charge in [-0.2, -0.15) is 0 Å². The van der Waals surface area contributed by atoms with Gasteiger partial charge < -0.3 is 15.6 Å². The second-order valence-electron chi connectivity index (χ2n) is 2.56. The molecule has 13 heavy (non-hydrogen) atoms. The number of methoxy groups -OCH3 is 1. The van der Waals surface area contributed by atoms with E-state index in [4.69, 9.17) is 10.5 Å². The molecular weight excluding hydrogens is 166 g/mol. The fourth-order valence-corrected chi connectivity index (χ4v) is 1.05. The van der Waals surface area contributed by atoms with E-state index in [-0.39, 0.29) is 5.75 Å². The quantitative estimate of drug-likeness (QED) is 0.736. The number of rotatable bonds is 3. The van der Waals surface area contributed by atoms with Gasteiger partial charge in [0.15, 0.2) is 0 Å². The number of aromatic hydroxyl groups is 1. The number of phenolic OH excluding ortho intramolecular Hbond substituents is 1. The summed E-state index contributed by atoms with van der Waals surface area (Å²) in [5.74, 6) is 0.944. The van der Waals surface area contributed by atoms with E-state index < -0.39 is 0 Å². The van der Waals surface area contributed by atoms with E-state index in [0.29, 0.717) is 6.54 Å². The third-order valence-electron chi connectivity index (χ3n) is 1.65. The summed E-state index contributed by atoms with van der Waals surface area (Å²) in [6.45, 7) is 0.471. The van der Waals surface area contributed by atoms with Gasteiger partial charge in [0.2, 0.25) is 0 Å². The van der Waals surface area contributed by atoms with Crippen molar-refractivity contribution in [3.63, 3.8) is 0 Å². The Labute approximate surface area is 77.4 Å². The summed E-state index contributed by atoms with van der Waals surface area (Å²) < 4.78 is 5.09. The third kappa shape index (κ3) is 2.49. The molecule has 3 nitrogen and oxygen atoms in total. The largest absolute Gasteiger partial charge is 0.508 e. The Bertz CT molecular complexity index is 308. The van der Waals surface area contributed by atoms with Crippen molar-refractivity contribution < 1.29 is 9.84 Å². The van der Waals surface area contributed by atoms with Gasteiger partial charge in [0.1, 0.15) is 11.5 Å². The number of nitrogens with two attached hydrogens (primary N) is 1. The summed E-state index contributed by atoms with van der Waals surface area (Å²) in [5.41, 5.74) is 6.14. The zero-order valence-corrected chi connectivity index (χ0v) is 7.53. The number of hydrogen-bond donors (Lipinski definition) is 2. The minimum Gasteiger partial charge on any atom is -0.508 e. The van der Waals surface area contributed by atoms with Gasteiger partial charge in [0.25, 0.3) is 0 Å². The molecule has 0 bridgehead atoms. The van der Waals surface area contributed by atoms with E-state index in [1.165, 1.54) is 0 Å². The number of benzene rings is 1. The van der Waals surface area contributed by atoms with Crippen LogP contribution < -0.4 is 10.5 Å². The summed E-state index contributed by atoms with van der Waals surface area (Å²) in [7, 11) is 1.59. The van der Waals surface area contributed by atoms with Crippen molar-refractivity contribution in [2.45, 2.75) is 0 Å². The van der Waals surface area contributed by atoms with Crippen LogP contribution in [0.2, 0.25) is 0 Å². The number of phenols is 1. The summed E-state index contributed by atoms with van der Waals surface area (Å²) in [4.78, 5) is 0. The van der Waals surface area contributed by atoms with Crippen molar-refractivity contribution in [3.05, 3.63) is 29.8 Å². The zero-order valence-electron chi connectivity index (χ0n) is 7.53. The lowest BCUT2D eigenvalue weighted by molar-refractivity contribution is 0.411. The van der Waals surface area contributed by atoms with Crippen LogP contribution in [0.3, 0.4) is 0 Å². The van der Waals surface area contributed by atoms with Crippen LogP contribution in [-0.4, -0.2) is 18.8 Å². The fraction of sp³-hybridized carbons (Fsp3) is 0.200. The Morgan fingerprint density at radius 3 is 2.92 bits per heavy atom. The molecule has 0 aromatic heterocycles. The molecule has 0 aliphatic rings. The maximum Gasteiger partial charge on any atom is 0.126 e. The van der Waals surface area contributed by atoms with Crippen molar-refractivity contribution in [1.29, 1.82) is 0 Å². The molecule has 70 valence electrons. The normalized spacial score (nSPS) is 10.6. The van der Waals surface area contributed by atoms with Crippen LogP contribution in [0.1, 0.15) is 5.56 Å². The Morgan fingerprint density at radius 1 is 1.54 bits per heavy atom. The van der Waals surface area contributed by atoms with Gasteiger partial charge in [0.05, 0.1) is 7.11 Å². The Hall–Kier alpha value is -1.48. The van der Waals surface area contributed by atoms with Gasteiger partial charge in [0, 0.05) is 12.1 Å². The van der Waals surface area contributed by atoms with Crippen molar-refractivity contribution in [1.82, 2.24) is 0 Å². The third-order valence-corrected chi connectivity index (χ3v) is 1.65. The van der Waals surface area contributed by atoms with Crippen LogP contribution >= 0.6 is 0 Å². The molecule has 0 aliphatic carbocycles. The highest BCUT2D eigenvalue weighted by molar-refractivity contribution is 5.59. The molecule has 0 atom stereocenters. The lowest BCUT2D eigenvalue weighted by Gasteiger charge is -2.04. The van der Waals surface area contributed by atoms with Crippen LogP contribution in [0, 0.1) is 0 Å². The molecule has 0 radical (unpaired) electrons. The summed E-state index contributed by atoms with van der Waals surface area (Å²) in [6.07, 6.45) is 3.62. The maximum atomic E-state index is 9.21. The molecule has 3 heteroatoms. The predicted octanol–water partition coefficient (Wildman–Crippen LogP) is 1.37. The minimum atomic E-state index is 0.220. The molecule has 0 fully saturated rings. The van der Waals surface area contributed by atoms with Crippen LogP contribution in [-0.2, 0) is 0 Å². The Kier molecular flexibility index (Phi) is 3.34. The van der Waals surface area contributed by atoms with Gasteiger partial charge in [-0.15, -0.1) is 0 Å². The van der Waals surface area contributed by atoms with Crippen molar-refractivity contribution in [2.75, 3.05) is 13.7 Å². The lowest BCUT2D eigenvalue weighted by Crippen LogP contribution is -1.92. The van der Waals surface area contributed by atoms with E-state index in [1.807, 2.05) is 6.08 Å². The Morgan fingerprint density at radius 2 is 2.31 bits per heavy atom. The van der Waals surface area contributed by atoms with Crippen LogP contribution in [0.15, 0.2) is 24.3 Å². The Balaban J connectivity index is 3.01. The highest BCUT2D eigenvalue weighted by Crippen LogP contribution is 2.24. The predicted molar refractivity (Wildman–Crippen MR) is 52.7 cm³/mol. The molecule has 0 saturated carbocycles. The summed E-state index contributed by atoms with van der Waals surface area (Å²) in [5, 5.41) is 9.21. The fourth-order valence-electron chi connectivity index (χ4n) is 1.05. The maximum absolute atomic E-state index is 9.21. The number of hydrogen-bond acceptors (Lipinski definition) is 3. The molecule has 0 saturated heterocycles. The molecule has 1 aromatic rings. The first kappa shape index (κ1) is 9.61. The molecule has 0 amide bonds. The average Bonchev–Trinajstić information content (AvgIpc) is 2.15. The SMILES string of the molecule is COc1ccc(O)cc1C=CCN. The van der Waals surface area contributed by atoms with Gasteiger partial charge in [-0.25, -0.2) is 0 Å². The first-order chi connectivity index (χ1) is 6.27. The lowest BCUT2D eigenvalue weighted by atomic mass is 10.2. The highest BCUT2D eigenvalue weighted by Gasteiger charge is 1.99. The smallest absolute Gasteiger partial charge is 0.126 e. The molecule has 0 spiro atoms. The van der Waals surface area contributed by atoms with Crippen molar-refractivity contribution >= 4 is 6.08 Å². The van der Waals surface area contributed by atoms with Crippen molar-refractivity contribution in [3.8, 4) is 11.5 Å². The van der Waals surface area contributed by atoms with Crippen molar-refractivity contribution in [2.24, 2.45) is 5.73 Å². The second kappa shape index (κ2) is 4.52. The standard InChI is InChI=1S/C10H13NO2/c1-13-10-5-4-9(12)7-8(10)3-2-6-11/h2-5,7,12H,6,11H2,1H3. The highest BCUT2D eigenvalue weighted by atomic mass is 16.5. The second-order valence-corrected chi connectivity index (χ2v) is 2.56. The van der Waals surface area contributed by atoms with Gasteiger partial charge in [-0.1, -0.05) is 12.2 Å². The molecule has 0 unspecified atom stereocenters. The van der Waals surface area contributed by atoms with Gasteiger partial charge in [-0.3, -0.25) is 0 Å². The molecular formula is C10H13NO2. The van der Waals surface area contributed by atoms with Crippen LogP contribution in [0.4, 0.5) is 0 Å². The molecule has 1 rings (SSSR count). The summed E-state index contributed by atoms with van der Waals surface area (Å²) in [6, 6.07) is 4.93. The van der Waals surface area contributed by atoms with E-state index in [9.17, 15) is 5.11 Å². The molecule has 0 heterocycles. The molecule has 3 N–H and O–H groups in total. The first-order valence-corrected chi connectivity index (χ1v) is 4.01. The number of ether oxygens (including phenoxy) is 1. The average molecular weight is 179 g/mol. The van der Waals surface area contributed by atoms with Gasteiger partial charge in [-0.05, 0) is 18.2 Å². The molecule has 0 aliphatic heterocycles.